The van der Waals surface area contributed by atoms with E-state index in [0.29, 0.717) is 5.69 Å². The predicted octanol–water partition coefficient (Wildman–Crippen LogP) is 1.89. The van der Waals surface area contributed by atoms with E-state index in [1.165, 1.54) is 24.3 Å². The van der Waals surface area contributed by atoms with Crippen LogP contribution < -0.4 is 26.8 Å². The number of benzene rings is 2. The first-order chi connectivity index (χ1) is 16.0. The lowest BCUT2D eigenvalue weighted by Gasteiger charge is -2.21. The molecule has 11 nitrogen and oxygen atoms in total. The molecule has 2 aromatic rings. The molecule has 1 atom stereocenters. The number of nitrogens with two attached hydrogens (primary N) is 2. The molecule has 2 amide bonds. The van der Waals surface area contributed by atoms with E-state index in [9.17, 15) is 24.3 Å². The van der Waals surface area contributed by atoms with Crippen LogP contribution in [0.1, 0.15) is 35.3 Å². The maximum atomic E-state index is 12.5. The Kier molecular flexibility index (Phi) is 9.22. The SMILES string of the molecule is CC(=O)Oc1c(Cl)cc(Cl)cc1C(CC(=O)O)NC(=O)CNC(=O)c1cccc(N=C(N)N)c1. The topological polar surface area (TPSA) is 186 Å². The number of nitrogens with one attached hydrogen (secondary N) is 2. The maximum absolute atomic E-state index is 12.5. The van der Waals surface area contributed by atoms with Gasteiger partial charge in [0.25, 0.3) is 5.91 Å². The van der Waals surface area contributed by atoms with Crippen molar-refractivity contribution in [3.8, 4) is 5.75 Å². The molecule has 0 aliphatic heterocycles. The number of amides is 2. The zero-order chi connectivity index (χ0) is 25.4. The van der Waals surface area contributed by atoms with Crippen LogP contribution in [0.4, 0.5) is 5.69 Å². The largest absolute Gasteiger partial charge is 0.481 e. The Morgan fingerprint density at radius 3 is 2.47 bits per heavy atom. The summed E-state index contributed by atoms with van der Waals surface area (Å²) in [6, 6.07) is 7.51. The monoisotopic (exact) mass is 509 g/mol. The number of rotatable bonds is 9. The van der Waals surface area contributed by atoms with Crippen molar-refractivity contribution >= 4 is 58.6 Å². The number of nitrogens with zero attached hydrogens (tertiary/aromatic N) is 1. The van der Waals surface area contributed by atoms with Crippen molar-refractivity contribution in [1.82, 2.24) is 10.6 Å². The van der Waals surface area contributed by atoms with Crippen LogP contribution in [-0.2, 0) is 14.4 Å². The highest BCUT2D eigenvalue weighted by Gasteiger charge is 2.25. The van der Waals surface area contributed by atoms with Crippen LogP contribution in [0.2, 0.25) is 10.0 Å². The molecule has 180 valence electrons. The summed E-state index contributed by atoms with van der Waals surface area (Å²) in [5.41, 5.74) is 11.3. The standard InChI is InChI=1S/C21H21Cl2N5O6/c1-10(29)34-19-14(6-12(22)7-15(19)23)16(8-18(31)32)28-17(30)9-26-20(33)11-3-2-4-13(5-11)27-21(24)25/h2-7,16H,8-9H2,1H3,(H,26,33)(H,28,30)(H,31,32)(H4,24,25,27). The van der Waals surface area contributed by atoms with Gasteiger partial charge in [-0.2, -0.15) is 0 Å². The van der Waals surface area contributed by atoms with Gasteiger partial charge in [-0.1, -0.05) is 29.3 Å². The normalized spacial score (nSPS) is 11.1. The molecule has 34 heavy (non-hydrogen) atoms. The lowest BCUT2D eigenvalue weighted by atomic mass is 10.0. The number of hydrogen-bond donors (Lipinski definition) is 5. The molecule has 1 unspecified atom stereocenters. The second kappa shape index (κ2) is 11.9. The van der Waals surface area contributed by atoms with Gasteiger partial charge in [0.15, 0.2) is 11.7 Å². The molecule has 0 radical (unpaired) electrons. The summed E-state index contributed by atoms with van der Waals surface area (Å²) in [6.45, 7) is 0.649. The summed E-state index contributed by atoms with van der Waals surface area (Å²) in [7, 11) is 0. The summed E-state index contributed by atoms with van der Waals surface area (Å²) in [5.74, 6) is -3.59. The minimum atomic E-state index is -1.25. The van der Waals surface area contributed by atoms with Gasteiger partial charge in [0, 0.05) is 23.1 Å². The van der Waals surface area contributed by atoms with Crippen molar-refractivity contribution in [2.45, 2.75) is 19.4 Å². The molecule has 0 aliphatic rings. The van der Waals surface area contributed by atoms with Gasteiger partial charge in [0.2, 0.25) is 5.91 Å². The molecule has 0 saturated heterocycles. The van der Waals surface area contributed by atoms with Crippen LogP contribution >= 0.6 is 23.2 Å². The van der Waals surface area contributed by atoms with Crippen LogP contribution in [0.3, 0.4) is 0 Å². The summed E-state index contributed by atoms with van der Waals surface area (Å²) in [6.07, 6.45) is -0.578. The molecule has 0 bridgehead atoms. The first-order valence-corrected chi connectivity index (χ1v) is 10.4. The first-order valence-electron chi connectivity index (χ1n) is 9.62. The molecule has 7 N–H and O–H groups in total. The van der Waals surface area contributed by atoms with Gasteiger partial charge in [-0.3, -0.25) is 19.2 Å². The number of carboxylic acids is 1. The predicted molar refractivity (Wildman–Crippen MR) is 125 cm³/mol. The van der Waals surface area contributed by atoms with E-state index in [4.69, 9.17) is 39.4 Å². The Morgan fingerprint density at radius 2 is 1.85 bits per heavy atom. The van der Waals surface area contributed by atoms with Crippen LogP contribution in [0.25, 0.3) is 0 Å². The van der Waals surface area contributed by atoms with Gasteiger partial charge < -0.3 is 31.9 Å². The van der Waals surface area contributed by atoms with Crippen molar-refractivity contribution in [1.29, 1.82) is 0 Å². The van der Waals surface area contributed by atoms with Crippen molar-refractivity contribution < 1.29 is 29.0 Å². The summed E-state index contributed by atoms with van der Waals surface area (Å²) in [4.78, 5) is 51.6. The van der Waals surface area contributed by atoms with E-state index in [-0.39, 0.29) is 32.9 Å². The average Bonchev–Trinajstić information content (AvgIpc) is 2.72. The van der Waals surface area contributed by atoms with Crippen molar-refractivity contribution in [3.63, 3.8) is 0 Å². The minimum absolute atomic E-state index is 0.0451. The Bertz CT molecular complexity index is 1150. The zero-order valence-electron chi connectivity index (χ0n) is 17.8. The fraction of sp³-hybridized carbons (Fsp3) is 0.190. The van der Waals surface area contributed by atoms with E-state index in [0.717, 1.165) is 6.92 Å². The second-order valence-corrected chi connectivity index (χ2v) is 7.73. The van der Waals surface area contributed by atoms with Gasteiger partial charge in [0.05, 0.1) is 29.7 Å². The number of hydrogen-bond acceptors (Lipinski definition) is 6. The molecule has 2 aromatic carbocycles. The molecular weight excluding hydrogens is 489 g/mol. The number of carbonyl (C=O) groups excluding carboxylic acids is 3. The molecule has 2 rings (SSSR count). The summed E-state index contributed by atoms with van der Waals surface area (Å²) in [5, 5.41) is 14.3. The lowest BCUT2D eigenvalue weighted by Crippen LogP contribution is -2.39. The van der Waals surface area contributed by atoms with Gasteiger partial charge in [-0.25, -0.2) is 4.99 Å². The fourth-order valence-corrected chi connectivity index (χ4v) is 3.43. The Balaban J connectivity index is 2.18. The summed E-state index contributed by atoms with van der Waals surface area (Å²) < 4.78 is 5.10. The third-order valence-corrected chi connectivity index (χ3v) is 4.65. The van der Waals surface area contributed by atoms with E-state index in [2.05, 4.69) is 15.6 Å². The number of aliphatic carboxylic acids is 1. The Morgan fingerprint density at radius 1 is 1.15 bits per heavy atom. The fourth-order valence-electron chi connectivity index (χ4n) is 2.88. The van der Waals surface area contributed by atoms with E-state index >= 15 is 0 Å². The zero-order valence-corrected chi connectivity index (χ0v) is 19.3. The number of ether oxygens (including phenoxy) is 1. The number of esters is 1. The quantitative estimate of drug-likeness (QED) is 0.146. The average molecular weight is 510 g/mol. The number of carboxylic acid groups (broad SMARTS) is 1. The molecule has 0 aliphatic carbocycles. The van der Waals surface area contributed by atoms with Crippen molar-refractivity contribution in [3.05, 3.63) is 57.6 Å². The van der Waals surface area contributed by atoms with Gasteiger partial charge in [0.1, 0.15) is 0 Å². The van der Waals surface area contributed by atoms with Crippen molar-refractivity contribution in [2.24, 2.45) is 16.5 Å². The van der Waals surface area contributed by atoms with Crippen LogP contribution in [0, 0.1) is 0 Å². The van der Waals surface area contributed by atoms with Gasteiger partial charge in [-0.05, 0) is 30.3 Å². The molecule has 0 aromatic heterocycles. The highest BCUT2D eigenvalue weighted by molar-refractivity contribution is 6.35. The highest BCUT2D eigenvalue weighted by atomic mass is 35.5. The number of guanidine groups is 1. The lowest BCUT2D eigenvalue weighted by molar-refractivity contribution is -0.137. The van der Waals surface area contributed by atoms with E-state index in [1.807, 2.05) is 0 Å². The Hall–Kier alpha value is -3.83. The van der Waals surface area contributed by atoms with Crippen LogP contribution in [0.5, 0.6) is 5.75 Å². The number of halogens is 2. The third-order valence-electron chi connectivity index (χ3n) is 4.15. The number of aliphatic imine (C=N–C) groups is 1. The van der Waals surface area contributed by atoms with Gasteiger partial charge in [-0.15, -0.1) is 0 Å². The number of carbonyl (C=O) groups is 4. The summed E-state index contributed by atoms with van der Waals surface area (Å²) >= 11 is 12.1. The highest BCUT2D eigenvalue weighted by Crippen LogP contribution is 2.37. The molecular formula is C21H21Cl2N5O6. The van der Waals surface area contributed by atoms with Crippen molar-refractivity contribution in [2.75, 3.05) is 6.54 Å². The molecule has 13 heteroatoms. The minimum Gasteiger partial charge on any atom is -0.481 e. The van der Waals surface area contributed by atoms with E-state index < -0.39 is 42.8 Å². The first kappa shape index (κ1) is 26.4. The second-order valence-electron chi connectivity index (χ2n) is 6.89. The third kappa shape index (κ3) is 7.94. The molecule has 0 heterocycles. The molecule has 0 fully saturated rings. The van der Waals surface area contributed by atoms with Crippen LogP contribution in [0.15, 0.2) is 41.4 Å². The smallest absolute Gasteiger partial charge is 0.308 e. The van der Waals surface area contributed by atoms with Gasteiger partial charge >= 0.3 is 11.9 Å². The molecule has 0 spiro atoms. The Labute approximate surface area is 204 Å². The molecule has 0 saturated carbocycles. The van der Waals surface area contributed by atoms with Crippen LogP contribution in [-0.4, -0.2) is 41.4 Å². The van der Waals surface area contributed by atoms with E-state index in [1.54, 1.807) is 12.1 Å². The maximum Gasteiger partial charge on any atom is 0.308 e.